The van der Waals surface area contributed by atoms with Crippen LogP contribution in [0.2, 0.25) is 0 Å². The molecule has 4 nitrogen and oxygen atoms in total. The van der Waals surface area contributed by atoms with Crippen molar-refractivity contribution >= 4 is 15.9 Å². The van der Waals surface area contributed by atoms with Crippen LogP contribution in [0.1, 0.15) is 36.8 Å². The van der Waals surface area contributed by atoms with Crippen molar-refractivity contribution in [1.82, 2.24) is 15.1 Å². The van der Waals surface area contributed by atoms with Crippen LogP contribution in [-0.2, 0) is 19.4 Å². The zero-order valence-corrected chi connectivity index (χ0v) is 13.2. The standard InChI is InChI=1S/C14H20BrN3O/c1-4-11-14(15)13(18(5-2)17-11)8-12(16-3)10-6-7-19-9-10/h6-7,9,12,16H,4-5,8H2,1-3H3. The van der Waals surface area contributed by atoms with E-state index in [-0.39, 0.29) is 6.04 Å². The molecular formula is C14H20BrN3O. The van der Waals surface area contributed by atoms with Gasteiger partial charge in [-0.2, -0.15) is 5.10 Å². The second kappa shape index (κ2) is 6.39. The molecule has 1 unspecified atom stereocenters. The molecule has 0 radical (unpaired) electrons. The molecule has 0 aliphatic heterocycles. The van der Waals surface area contributed by atoms with E-state index in [1.54, 1.807) is 12.5 Å². The van der Waals surface area contributed by atoms with Gasteiger partial charge in [0.1, 0.15) is 0 Å². The van der Waals surface area contributed by atoms with E-state index in [1.807, 2.05) is 13.1 Å². The number of hydrogen-bond acceptors (Lipinski definition) is 3. The van der Waals surface area contributed by atoms with Crippen LogP contribution in [0, 0.1) is 0 Å². The second-order valence-electron chi connectivity index (χ2n) is 4.48. The molecular weight excluding hydrogens is 306 g/mol. The lowest BCUT2D eigenvalue weighted by atomic mass is 10.0. The molecule has 2 aromatic heterocycles. The van der Waals surface area contributed by atoms with E-state index in [0.717, 1.165) is 35.1 Å². The van der Waals surface area contributed by atoms with Crippen LogP contribution < -0.4 is 5.32 Å². The van der Waals surface area contributed by atoms with Crippen molar-refractivity contribution < 1.29 is 4.42 Å². The molecule has 104 valence electrons. The Balaban J connectivity index is 2.29. The van der Waals surface area contributed by atoms with Crippen molar-refractivity contribution in [2.45, 2.75) is 39.3 Å². The summed E-state index contributed by atoms with van der Waals surface area (Å²) in [6.07, 6.45) is 5.33. The van der Waals surface area contributed by atoms with E-state index >= 15 is 0 Å². The molecule has 0 bridgehead atoms. The van der Waals surface area contributed by atoms with Gasteiger partial charge in [-0.1, -0.05) is 6.92 Å². The lowest BCUT2D eigenvalue weighted by Crippen LogP contribution is -2.20. The molecule has 19 heavy (non-hydrogen) atoms. The highest BCUT2D eigenvalue weighted by atomic mass is 79.9. The zero-order valence-electron chi connectivity index (χ0n) is 11.6. The fourth-order valence-electron chi connectivity index (χ4n) is 2.27. The fourth-order valence-corrected chi connectivity index (χ4v) is 2.99. The van der Waals surface area contributed by atoms with Crippen LogP contribution in [-0.4, -0.2) is 16.8 Å². The van der Waals surface area contributed by atoms with Gasteiger partial charge in [-0.3, -0.25) is 4.68 Å². The highest BCUT2D eigenvalue weighted by Crippen LogP contribution is 2.27. The SMILES string of the molecule is CCc1nn(CC)c(CC(NC)c2ccoc2)c1Br. The molecule has 0 saturated heterocycles. The van der Waals surface area contributed by atoms with Crippen LogP contribution in [0.25, 0.3) is 0 Å². The van der Waals surface area contributed by atoms with Gasteiger partial charge >= 0.3 is 0 Å². The van der Waals surface area contributed by atoms with Crippen molar-refractivity contribution in [1.29, 1.82) is 0 Å². The monoisotopic (exact) mass is 325 g/mol. The third-order valence-electron chi connectivity index (χ3n) is 3.39. The molecule has 0 aromatic carbocycles. The van der Waals surface area contributed by atoms with E-state index in [4.69, 9.17) is 4.42 Å². The van der Waals surface area contributed by atoms with Gasteiger partial charge in [-0.25, -0.2) is 0 Å². The summed E-state index contributed by atoms with van der Waals surface area (Å²) in [6.45, 7) is 5.13. The Morgan fingerprint density at radius 2 is 2.26 bits per heavy atom. The predicted molar refractivity (Wildman–Crippen MR) is 79.2 cm³/mol. The van der Waals surface area contributed by atoms with Gasteiger partial charge < -0.3 is 9.73 Å². The quantitative estimate of drug-likeness (QED) is 0.885. The number of aromatic nitrogens is 2. The first kappa shape index (κ1) is 14.3. The van der Waals surface area contributed by atoms with Gasteiger partial charge in [0.2, 0.25) is 0 Å². The summed E-state index contributed by atoms with van der Waals surface area (Å²) in [7, 11) is 1.97. The summed E-state index contributed by atoms with van der Waals surface area (Å²) in [5.74, 6) is 0. The van der Waals surface area contributed by atoms with Crippen LogP contribution in [0.15, 0.2) is 27.5 Å². The maximum atomic E-state index is 5.17. The van der Waals surface area contributed by atoms with Crippen molar-refractivity contribution in [3.05, 3.63) is 40.0 Å². The van der Waals surface area contributed by atoms with Gasteiger partial charge in [0.25, 0.3) is 0 Å². The molecule has 1 N–H and O–H groups in total. The first-order chi connectivity index (χ1) is 9.21. The Labute approximate surface area is 122 Å². The minimum atomic E-state index is 0.238. The van der Waals surface area contributed by atoms with Gasteiger partial charge in [-0.05, 0) is 42.4 Å². The topological polar surface area (TPSA) is 43.0 Å². The Kier molecular flexibility index (Phi) is 4.82. The maximum absolute atomic E-state index is 5.17. The average Bonchev–Trinajstić information content (AvgIpc) is 3.04. The smallest absolute Gasteiger partial charge is 0.0950 e. The number of furan rings is 1. The van der Waals surface area contributed by atoms with Crippen molar-refractivity contribution in [2.75, 3.05) is 7.05 Å². The van der Waals surface area contributed by atoms with Crippen LogP contribution in [0.4, 0.5) is 0 Å². The van der Waals surface area contributed by atoms with E-state index in [9.17, 15) is 0 Å². The Morgan fingerprint density at radius 1 is 1.47 bits per heavy atom. The molecule has 2 heterocycles. The number of aryl methyl sites for hydroxylation is 2. The van der Waals surface area contributed by atoms with E-state index < -0.39 is 0 Å². The lowest BCUT2D eigenvalue weighted by molar-refractivity contribution is 0.522. The summed E-state index contributed by atoms with van der Waals surface area (Å²) in [6, 6.07) is 2.24. The molecule has 5 heteroatoms. The van der Waals surface area contributed by atoms with Gasteiger partial charge in [-0.15, -0.1) is 0 Å². The number of hydrogen-bond donors (Lipinski definition) is 1. The molecule has 0 saturated carbocycles. The third-order valence-corrected chi connectivity index (χ3v) is 4.30. The summed E-state index contributed by atoms with van der Waals surface area (Å²) in [5, 5.41) is 7.97. The number of likely N-dealkylation sites (N-methyl/N-ethyl adjacent to an activating group) is 1. The molecule has 0 aliphatic carbocycles. The van der Waals surface area contributed by atoms with Crippen LogP contribution >= 0.6 is 15.9 Å². The normalized spacial score (nSPS) is 12.8. The van der Waals surface area contributed by atoms with Crippen LogP contribution in [0.5, 0.6) is 0 Å². The Bertz CT molecular complexity index is 519. The number of rotatable bonds is 6. The molecule has 2 aromatic rings. The van der Waals surface area contributed by atoms with Crippen LogP contribution in [0.3, 0.4) is 0 Å². The molecule has 1 atom stereocenters. The molecule has 0 spiro atoms. The summed E-state index contributed by atoms with van der Waals surface area (Å²) < 4.78 is 8.39. The minimum absolute atomic E-state index is 0.238. The number of nitrogens with one attached hydrogen (secondary N) is 1. The fraction of sp³-hybridized carbons (Fsp3) is 0.500. The van der Waals surface area contributed by atoms with E-state index in [0.29, 0.717) is 0 Å². The van der Waals surface area contributed by atoms with E-state index in [1.165, 1.54) is 5.69 Å². The zero-order chi connectivity index (χ0) is 13.8. The second-order valence-corrected chi connectivity index (χ2v) is 5.27. The highest BCUT2D eigenvalue weighted by molar-refractivity contribution is 9.10. The van der Waals surface area contributed by atoms with Crippen molar-refractivity contribution in [3.8, 4) is 0 Å². The highest BCUT2D eigenvalue weighted by Gasteiger charge is 2.19. The van der Waals surface area contributed by atoms with E-state index in [2.05, 4.69) is 44.9 Å². The molecule has 0 fully saturated rings. The molecule has 2 rings (SSSR count). The lowest BCUT2D eigenvalue weighted by Gasteiger charge is -2.15. The number of halogens is 1. The molecule has 0 amide bonds. The first-order valence-corrected chi connectivity index (χ1v) is 7.43. The maximum Gasteiger partial charge on any atom is 0.0950 e. The minimum Gasteiger partial charge on any atom is -0.472 e. The van der Waals surface area contributed by atoms with Gasteiger partial charge in [0.15, 0.2) is 0 Å². The average molecular weight is 326 g/mol. The predicted octanol–water partition coefficient (Wildman–Crippen LogP) is 3.32. The van der Waals surface area contributed by atoms with Gasteiger partial charge in [0, 0.05) is 24.6 Å². The summed E-state index contributed by atoms with van der Waals surface area (Å²) in [5.41, 5.74) is 3.52. The van der Waals surface area contributed by atoms with Gasteiger partial charge in [0.05, 0.1) is 28.4 Å². The summed E-state index contributed by atoms with van der Waals surface area (Å²) in [4.78, 5) is 0. The molecule has 0 aliphatic rings. The Morgan fingerprint density at radius 3 is 2.79 bits per heavy atom. The van der Waals surface area contributed by atoms with Crippen molar-refractivity contribution in [2.24, 2.45) is 0 Å². The first-order valence-electron chi connectivity index (χ1n) is 6.64. The third kappa shape index (κ3) is 2.92. The largest absolute Gasteiger partial charge is 0.472 e. The number of nitrogens with zero attached hydrogens (tertiary/aromatic N) is 2. The Hall–Kier alpha value is -1.07. The summed E-state index contributed by atoms with van der Waals surface area (Å²) >= 11 is 3.69. The van der Waals surface area contributed by atoms with Crippen molar-refractivity contribution in [3.63, 3.8) is 0 Å².